The fourth-order valence-corrected chi connectivity index (χ4v) is 0. The number of rotatable bonds is 0. The van der Waals surface area contributed by atoms with Gasteiger partial charge in [-0.15, -0.1) is 0 Å². The molecule has 0 unspecified atom stereocenters. The molecule has 0 N–H and O–H groups in total. The molecule has 0 aliphatic rings. The average molecular weight is 199 g/mol. The molecule has 0 amide bonds. The van der Waals surface area contributed by atoms with Crippen LogP contribution in [0.3, 0.4) is 0 Å². The molecule has 0 spiro atoms. The van der Waals surface area contributed by atoms with Crippen LogP contribution in [-0.2, 0) is 22.4 Å². The predicted octanol–water partition coefficient (Wildman–Crippen LogP) is -0.350. The van der Waals surface area contributed by atoms with E-state index in [1.807, 2.05) is 0 Å². The molecule has 30 valence electrons. The topological polar surface area (TPSA) is 47.6 Å². The van der Waals surface area contributed by atoms with Crippen LogP contribution in [0, 0.1) is 22.7 Å². The van der Waals surface area contributed by atoms with Crippen molar-refractivity contribution in [3.63, 3.8) is 0 Å². The quantitative estimate of drug-likeness (QED) is 0.500. The van der Waals surface area contributed by atoms with Gasteiger partial charge in [0.1, 0.15) is 0 Å². The molecule has 0 heterocycles. The first-order chi connectivity index (χ1) is 1.91. The van der Waals surface area contributed by atoms with E-state index >= 15 is 0 Å². The second-order valence-electron chi connectivity index (χ2n) is 0.224. The van der Waals surface area contributed by atoms with E-state index in [0.717, 1.165) is 0 Å². The molecule has 0 saturated heterocycles. The van der Waals surface area contributed by atoms with Crippen molar-refractivity contribution >= 4 is 51.4 Å². The summed E-state index contributed by atoms with van der Waals surface area (Å²) < 4.78 is 0. The third-order valence-corrected chi connectivity index (χ3v) is 0.0500. The van der Waals surface area contributed by atoms with Gasteiger partial charge in [-0.3, -0.25) is 0 Å². The van der Waals surface area contributed by atoms with Crippen LogP contribution in [-0.4, -0.2) is 51.4 Å². The molecular weight excluding hydrogens is 199 g/mol. The number of nitriles is 2. The van der Waals surface area contributed by atoms with Crippen molar-refractivity contribution in [2.45, 2.75) is 0 Å². The number of hydrogen-bond donors (Lipinski definition) is 0. The Labute approximate surface area is 94.4 Å². The molecule has 0 aliphatic carbocycles. The van der Waals surface area contributed by atoms with Crippen LogP contribution in [0.25, 0.3) is 0 Å². The van der Waals surface area contributed by atoms with E-state index in [4.69, 9.17) is 10.5 Å². The fraction of sp³-hybridized carbons (Fsp3) is 0. The molecule has 2 nitrogen and oxygen atoms in total. The summed E-state index contributed by atoms with van der Waals surface area (Å²) in [4.78, 5) is 0. The van der Waals surface area contributed by atoms with Gasteiger partial charge in [-0.2, -0.15) is 10.5 Å². The molecular formula is C2AgKN2. The normalized spacial score (nSPS) is 1.67. The molecule has 0 aromatic heterocycles. The SMILES string of the molecule is N#CC#N.[Ag].[K]. The molecule has 0 saturated carbocycles. The minimum absolute atomic E-state index is 0. The van der Waals surface area contributed by atoms with E-state index < -0.39 is 0 Å². The maximum atomic E-state index is 7.26. The summed E-state index contributed by atoms with van der Waals surface area (Å²) in [6, 6.07) is 2.47. The third-order valence-electron chi connectivity index (χ3n) is 0.0500. The zero-order valence-electron chi connectivity index (χ0n) is 3.20. The van der Waals surface area contributed by atoms with Gasteiger partial charge in [-0.05, 0) is 0 Å². The summed E-state index contributed by atoms with van der Waals surface area (Å²) >= 11 is 0. The molecule has 0 aliphatic heterocycles. The third kappa shape index (κ3) is 18.3. The Balaban J connectivity index is -0.0000000450. The first kappa shape index (κ1) is 15.7. The van der Waals surface area contributed by atoms with E-state index in [-0.39, 0.29) is 73.8 Å². The van der Waals surface area contributed by atoms with Gasteiger partial charge in [-0.1, -0.05) is 0 Å². The molecule has 2 radical (unpaired) electrons. The van der Waals surface area contributed by atoms with Gasteiger partial charge < -0.3 is 0 Å². The maximum absolute atomic E-state index is 7.26. The molecule has 0 rings (SSSR count). The van der Waals surface area contributed by atoms with E-state index in [2.05, 4.69) is 0 Å². The second kappa shape index (κ2) is 16.2. The van der Waals surface area contributed by atoms with E-state index in [1.165, 1.54) is 12.1 Å². The number of nitrogens with zero attached hydrogens (tertiary/aromatic N) is 2. The van der Waals surface area contributed by atoms with Crippen molar-refractivity contribution in [1.29, 1.82) is 10.5 Å². The van der Waals surface area contributed by atoms with Crippen LogP contribution < -0.4 is 0 Å². The van der Waals surface area contributed by atoms with Crippen molar-refractivity contribution < 1.29 is 22.4 Å². The van der Waals surface area contributed by atoms with Crippen molar-refractivity contribution in [2.75, 3.05) is 0 Å². The Hall–Kier alpha value is 1.36. The van der Waals surface area contributed by atoms with Gasteiger partial charge >= 0.3 is 0 Å². The Bertz CT molecular complexity index is 66.5. The van der Waals surface area contributed by atoms with Crippen LogP contribution in [0.1, 0.15) is 0 Å². The van der Waals surface area contributed by atoms with Crippen LogP contribution >= 0.6 is 0 Å². The summed E-state index contributed by atoms with van der Waals surface area (Å²) in [5.74, 6) is 0. The monoisotopic (exact) mass is 198 g/mol. The molecule has 0 fully saturated rings. The van der Waals surface area contributed by atoms with Crippen molar-refractivity contribution in [2.24, 2.45) is 0 Å². The largest absolute Gasteiger partial charge is 0.181 e. The Kier molecular flexibility index (Phi) is 42.3. The van der Waals surface area contributed by atoms with Crippen LogP contribution in [0.5, 0.6) is 0 Å². The molecule has 0 aromatic carbocycles. The van der Waals surface area contributed by atoms with Gasteiger partial charge in [0.2, 0.25) is 0 Å². The van der Waals surface area contributed by atoms with Gasteiger partial charge in [0, 0.05) is 73.8 Å². The van der Waals surface area contributed by atoms with E-state index in [0.29, 0.717) is 0 Å². The average Bonchev–Trinajstić information content (AvgIpc) is 1.37. The van der Waals surface area contributed by atoms with Crippen molar-refractivity contribution in [3.05, 3.63) is 0 Å². The molecule has 0 aromatic rings. The van der Waals surface area contributed by atoms with E-state index in [9.17, 15) is 0 Å². The molecule has 4 heteroatoms. The smallest absolute Gasteiger partial charge is 0.181 e. The zero-order valence-corrected chi connectivity index (χ0v) is 7.80. The first-order valence-corrected chi connectivity index (χ1v) is 0.697. The number of hydrogen-bond acceptors (Lipinski definition) is 2. The van der Waals surface area contributed by atoms with Gasteiger partial charge in [-0.25, -0.2) is 0 Å². The molecule has 0 bridgehead atoms. The maximum Gasteiger partial charge on any atom is 0.181 e. The van der Waals surface area contributed by atoms with Crippen molar-refractivity contribution in [1.82, 2.24) is 0 Å². The Morgan fingerprint density at radius 3 is 1.17 bits per heavy atom. The Morgan fingerprint density at radius 2 is 1.17 bits per heavy atom. The Morgan fingerprint density at radius 1 is 1.00 bits per heavy atom. The predicted molar refractivity (Wildman–Crippen MR) is 17.0 cm³/mol. The summed E-state index contributed by atoms with van der Waals surface area (Å²) in [5, 5.41) is 14.5. The first-order valence-electron chi connectivity index (χ1n) is 0.697. The van der Waals surface area contributed by atoms with Crippen LogP contribution in [0.2, 0.25) is 0 Å². The zero-order chi connectivity index (χ0) is 3.41. The van der Waals surface area contributed by atoms with Gasteiger partial charge in [0.25, 0.3) is 0 Å². The van der Waals surface area contributed by atoms with E-state index in [1.54, 1.807) is 0 Å². The summed E-state index contributed by atoms with van der Waals surface area (Å²) in [7, 11) is 0. The minimum atomic E-state index is 0. The van der Waals surface area contributed by atoms with Gasteiger partial charge in [0.05, 0.1) is 0 Å². The van der Waals surface area contributed by atoms with Crippen molar-refractivity contribution in [3.8, 4) is 12.1 Å². The van der Waals surface area contributed by atoms with Crippen LogP contribution in [0.15, 0.2) is 0 Å². The summed E-state index contributed by atoms with van der Waals surface area (Å²) in [6.07, 6.45) is 0. The van der Waals surface area contributed by atoms with Crippen LogP contribution in [0.4, 0.5) is 0 Å². The van der Waals surface area contributed by atoms with Gasteiger partial charge in [0.15, 0.2) is 12.1 Å². The molecule has 6 heavy (non-hydrogen) atoms. The summed E-state index contributed by atoms with van der Waals surface area (Å²) in [5.41, 5.74) is 0. The summed E-state index contributed by atoms with van der Waals surface area (Å²) in [6.45, 7) is 0. The molecule has 0 atom stereocenters. The minimum Gasteiger partial charge on any atom is -0.181 e. The second-order valence-corrected chi connectivity index (χ2v) is 0.224. The standard InChI is InChI=1S/C2N2.Ag.K/c3-1-2-4;;. The fourth-order valence-electron chi connectivity index (χ4n) is 0.